The first-order valence-corrected chi connectivity index (χ1v) is 49.0. The van der Waals surface area contributed by atoms with Gasteiger partial charge in [-0.2, -0.15) is 5.10 Å². The van der Waals surface area contributed by atoms with Crippen LogP contribution in [0.4, 0.5) is 61.6 Å². The van der Waals surface area contributed by atoms with Gasteiger partial charge in [0.05, 0.1) is 67.5 Å². The standard InChI is InChI=1S/C36H43N5O5.C21H27N3O3.C16H18ClNO2.C16H24N2O4.C14H20N2O4.C7H9N.CH3F.ClH.Li.H2O/c1-22-11-9-14-26(17-22)37-32(42)30-29-21-40(34(44)46-36(6,7)8)19-23(2)31(29)41(39-30)20-25-13-10-12-24-18-27(15-16-28(24)25)38-33(43)45-35(3,4)5;1-13-7-6-8-15(9-13)23-19(25)18-17-12-24(20(26)27-21(3,4)5)11-14(2)16(17)10-22-18;1-16(2,3)20-15(19)18-13-7-8-14-11(9-13)5-4-6-12(14)10-17;1-6-21-14(19)13-12-9-18(15(20)22-16(3,4)5)8-10(2)11(12)7-17-13;1-8-6-16(13(19)20-14(2,3)4)7-10-9(8)5-15-11(10)12(17)18;1-6-3-2-4-7(8)5-6;1-2;;;/h9-18,23H,19-21H2,1-8H3,(H,37,42)(H,38,43);6-9,14H,10-12H2,1-5H3,(H,23,25);4-9H,10H2,1-3H3,(H,18,19);10H,6-9H2,1-5H3;8H,5-7H2,1-4H3,(H,17,18);2-5H,8H2,1H3;1H3;1H;;1H2/q;;;;;;;;+1;/p-1/i;;;;;;1D;;;. The van der Waals surface area contributed by atoms with E-state index in [9.17, 15) is 52.3 Å². The number of aliphatic imine (C=N–C) groups is 3. The first kappa shape index (κ1) is 122. The molecule has 15 rings (SSSR count). The molecule has 0 fully saturated rings. The average Bonchev–Trinajstić information content (AvgIpc) is 1.60. The van der Waals surface area contributed by atoms with Gasteiger partial charge in [-0.25, -0.2) is 38.4 Å². The number of carbonyl (C=O) groups is 10. The van der Waals surface area contributed by atoms with Crippen molar-refractivity contribution < 1.29 is 116 Å². The van der Waals surface area contributed by atoms with Gasteiger partial charge in [0.15, 0.2) is 5.69 Å². The number of anilines is 5. The molecule has 148 heavy (non-hydrogen) atoms. The number of aliphatic carboxylic acids is 1. The maximum Gasteiger partial charge on any atom is 1.00 e. The van der Waals surface area contributed by atoms with Crippen LogP contribution in [0.15, 0.2) is 194 Å². The molecule has 8 aromatic rings. The van der Waals surface area contributed by atoms with Gasteiger partial charge in [-0.15, -0.1) is 24.0 Å². The minimum Gasteiger partial charge on any atom is -0.870 e. The van der Waals surface area contributed by atoms with Crippen molar-refractivity contribution in [1.29, 1.82) is 0 Å². The Kier molecular flexibility index (Phi) is 43.7. The summed E-state index contributed by atoms with van der Waals surface area (Å²) in [6, 6.07) is 46.4. The largest absolute Gasteiger partial charge is 1.00 e. The fourth-order valence-corrected chi connectivity index (χ4v) is 17.2. The minimum atomic E-state index is -1.03. The molecule has 7 aliphatic rings. The number of halogens is 3. The number of hydrogen-bond donors (Lipinski definition) is 6. The van der Waals surface area contributed by atoms with E-state index in [0.717, 1.165) is 88.7 Å². The SMILES string of the molecule is CC(C)(C)OC(=O)Nc1ccc2c(CCl)cccc2c1.CC1CN(C(=O)OC(C)(C)C)CC2=C1CN=C2C(=O)O.CCOC(=O)C1=NCC2=C1CN(C(=O)OC(C)(C)C)CC2C.Cc1cccc(N)c1.Cc1cccc(NC(=O)C2=NCC3=C2CN(C(=O)OC(C)(C)C)CC3C)c1.Cc1cccc(NC(=O)c2nn(Cc3cccc4cc(NC(=O)OC(C)(C)C)ccc34)c3c2CN(C(=O)OC(C)(C)C)CC3C)c1.Cl.[2H]CF.[Li+].[OH-]. The summed E-state index contributed by atoms with van der Waals surface area (Å²) in [6.45, 7) is 54.3. The molecule has 0 saturated carbocycles. The summed E-state index contributed by atoms with van der Waals surface area (Å²) in [4.78, 5) is 143. The van der Waals surface area contributed by atoms with Crippen LogP contribution in [-0.4, -0.2) is 230 Å². The molecule has 0 aliphatic carbocycles. The number of aromatic nitrogens is 2. The van der Waals surface area contributed by atoms with Crippen LogP contribution in [0.2, 0.25) is 0 Å². The molecule has 1 aromatic heterocycles. The Morgan fingerprint density at radius 2 is 0.797 bits per heavy atom. The molecule has 8 heterocycles. The quantitative estimate of drug-likeness (QED) is 0.0217. The molecule has 0 bridgehead atoms. The summed E-state index contributed by atoms with van der Waals surface area (Å²) in [5.41, 5.74) is 19.4. The Morgan fingerprint density at radius 1 is 0.453 bits per heavy atom. The number of fused-ring (bicyclic) bond motifs is 3. The number of aryl methyl sites for hydroxylation is 3. The zero-order chi connectivity index (χ0) is 108. The van der Waals surface area contributed by atoms with E-state index in [1.165, 1.54) is 5.56 Å². The molecule has 796 valence electrons. The predicted octanol–water partition coefficient (Wildman–Crippen LogP) is 19.7. The number of alkyl halides is 2. The normalized spacial score (nSPS) is 16.6. The molecule has 4 atom stereocenters. The van der Waals surface area contributed by atoms with Crippen molar-refractivity contribution in [2.45, 2.75) is 239 Å². The summed E-state index contributed by atoms with van der Waals surface area (Å²) >= 11 is 5.91. The van der Waals surface area contributed by atoms with Crippen LogP contribution in [-0.2, 0) is 66.5 Å². The number of amides is 8. The second kappa shape index (κ2) is 53.1. The number of nitrogen functional groups attached to an aromatic ring is 1. The number of rotatable bonds is 12. The van der Waals surface area contributed by atoms with Crippen molar-refractivity contribution in [1.82, 2.24) is 29.4 Å². The maximum atomic E-state index is 13.7. The Labute approximate surface area is 892 Å². The van der Waals surface area contributed by atoms with Gasteiger partial charge in [0, 0.05) is 94.4 Å². The summed E-state index contributed by atoms with van der Waals surface area (Å²) in [5.74, 6) is -1.25. The van der Waals surface area contributed by atoms with Gasteiger partial charge >= 0.3 is 67.4 Å². The van der Waals surface area contributed by atoms with Gasteiger partial charge in [-0.05, 0) is 297 Å². The molecular weight excluding hydrogens is 1930 g/mol. The number of nitrogens with one attached hydrogen (secondary N) is 4. The molecule has 0 saturated heterocycles. The van der Waals surface area contributed by atoms with Crippen LogP contribution >= 0.6 is 24.0 Å². The second-order valence-electron chi connectivity index (χ2n) is 42.6. The van der Waals surface area contributed by atoms with E-state index in [1.54, 1.807) is 26.5 Å². The van der Waals surface area contributed by atoms with E-state index in [2.05, 4.69) is 43.2 Å². The monoisotopic (exact) mass is 2080 g/mol. The number of ether oxygens (including phenoxy) is 7. The molecule has 4 unspecified atom stereocenters. The van der Waals surface area contributed by atoms with Crippen LogP contribution in [0.5, 0.6) is 0 Å². The van der Waals surface area contributed by atoms with E-state index in [4.69, 9.17) is 62.1 Å². The number of carboxylic acid groups (broad SMARTS) is 1. The Hall–Kier alpha value is -13.1. The van der Waals surface area contributed by atoms with E-state index in [-0.39, 0.29) is 109 Å². The van der Waals surface area contributed by atoms with Gasteiger partial charge < -0.3 is 79.7 Å². The van der Waals surface area contributed by atoms with Gasteiger partial charge in [0.25, 0.3) is 11.8 Å². The third kappa shape index (κ3) is 36.1. The Bertz CT molecular complexity index is 6340. The number of nitrogens with zero attached hydrogens (tertiary/aromatic N) is 9. The van der Waals surface area contributed by atoms with E-state index >= 15 is 0 Å². The summed E-state index contributed by atoms with van der Waals surface area (Å²) in [6.07, 6.45) is -2.52. The third-order valence-corrected chi connectivity index (χ3v) is 23.2. The van der Waals surface area contributed by atoms with E-state index in [1.807, 2.05) is 316 Å². The van der Waals surface area contributed by atoms with Crippen molar-refractivity contribution in [2.24, 2.45) is 32.7 Å². The van der Waals surface area contributed by atoms with Crippen LogP contribution in [0.25, 0.3) is 21.5 Å². The Morgan fingerprint density at radius 3 is 1.18 bits per heavy atom. The van der Waals surface area contributed by atoms with Crippen molar-refractivity contribution in [3.8, 4) is 0 Å². The molecule has 8 N–H and O–H groups in total. The molecule has 8 amide bonds. The number of esters is 1. The van der Waals surface area contributed by atoms with Gasteiger partial charge in [-0.3, -0.25) is 44.3 Å². The van der Waals surface area contributed by atoms with E-state index < -0.39 is 77.1 Å². The van der Waals surface area contributed by atoms with Crippen LogP contribution < -0.4 is 45.9 Å². The summed E-state index contributed by atoms with van der Waals surface area (Å²) in [7, 11) is -1.00. The molecule has 7 aliphatic heterocycles. The second-order valence-corrected chi connectivity index (χ2v) is 42.9. The fourth-order valence-electron chi connectivity index (χ4n) is 17.0. The number of nitrogens with two attached hydrogens (primary N) is 1. The zero-order valence-corrected chi connectivity index (χ0v) is 91.9. The third-order valence-electron chi connectivity index (χ3n) is 23.0. The van der Waals surface area contributed by atoms with E-state index in [0.29, 0.717) is 118 Å². The molecule has 37 heteroatoms. The molecule has 0 radical (unpaired) electrons. The number of carboxylic acids is 1. The van der Waals surface area contributed by atoms with Crippen LogP contribution in [0, 0.1) is 38.5 Å². The fraction of sp³-hybridized carbons (Fsp3) is 0.459. The number of benzene rings is 7. The van der Waals surface area contributed by atoms with Crippen molar-refractivity contribution in [3.05, 3.63) is 224 Å². The zero-order valence-electron chi connectivity index (χ0n) is 91.4. The Balaban J connectivity index is 0.000000286. The molecular formula is C111H146Cl2FLiN14O19. The average molecular weight is 2080 g/mol. The van der Waals surface area contributed by atoms with Crippen LogP contribution in [0.3, 0.4) is 0 Å². The number of carbonyl (C=O) groups excluding carboxylic acids is 9. The smallest absolute Gasteiger partial charge is 0.870 e. The molecule has 0 spiro atoms. The maximum absolute atomic E-state index is 13.7. The minimum absolute atomic E-state index is 0. The topological polar surface area (TPSA) is 428 Å². The van der Waals surface area contributed by atoms with Crippen molar-refractivity contribution in [2.75, 3.05) is 106 Å². The van der Waals surface area contributed by atoms with Crippen molar-refractivity contribution >= 4 is 151 Å². The van der Waals surface area contributed by atoms with Gasteiger partial charge in [0.2, 0.25) is 0 Å². The van der Waals surface area contributed by atoms with Crippen LogP contribution in [0.1, 0.15) is 216 Å². The van der Waals surface area contributed by atoms with Gasteiger partial charge in [0.1, 0.15) is 50.7 Å². The van der Waals surface area contributed by atoms with Gasteiger partial charge in [-0.1, -0.05) is 113 Å². The first-order valence-electron chi connectivity index (χ1n) is 49.2. The predicted molar refractivity (Wildman–Crippen MR) is 577 cm³/mol. The molecule has 7 aromatic carbocycles. The van der Waals surface area contributed by atoms with Crippen molar-refractivity contribution in [3.63, 3.8) is 0 Å². The number of hydrogen-bond acceptors (Lipinski definition) is 23. The first-order chi connectivity index (χ1) is 68.2. The summed E-state index contributed by atoms with van der Waals surface area (Å²) < 4.78 is 55.0. The summed E-state index contributed by atoms with van der Waals surface area (Å²) in [5, 5.41) is 29.5. The molecule has 33 nitrogen and oxygen atoms in total.